The maximum Gasteiger partial charge on any atom is 0.273 e. The average Bonchev–Trinajstić information content (AvgIpc) is 2.83. The first-order valence-corrected chi connectivity index (χ1v) is 8.81. The van der Waals surface area contributed by atoms with Crippen molar-refractivity contribution in [2.45, 2.75) is 46.5 Å². The van der Waals surface area contributed by atoms with Crippen molar-refractivity contribution in [3.8, 4) is 0 Å². The molecule has 2 rings (SSSR count). The Hall–Kier alpha value is -2.15. The van der Waals surface area contributed by atoms with E-state index in [2.05, 4.69) is 22.3 Å². The third kappa shape index (κ3) is 4.28. The van der Waals surface area contributed by atoms with Gasteiger partial charge in [0.15, 0.2) is 5.65 Å². The fourth-order valence-electron chi connectivity index (χ4n) is 3.33. The first-order valence-electron chi connectivity index (χ1n) is 8.81. The van der Waals surface area contributed by atoms with Crippen molar-refractivity contribution in [1.29, 1.82) is 0 Å². The molecule has 7 heteroatoms. The van der Waals surface area contributed by atoms with Crippen molar-refractivity contribution < 1.29 is 9.90 Å². The Morgan fingerprint density at radius 2 is 2.08 bits per heavy atom. The van der Waals surface area contributed by atoms with Gasteiger partial charge < -0.3 is 10.4 Å². The number of aliphatic hydroxyl groups is 1. The van der Waals surface area contributed by atoms with Crippen LogP contribution in [0.3, 0.4) is 0 Å². The molecule has 2 aromatic rings. The molecule has 1 unspecified atom stereocenters. The Labute approximate surface area is 147 Å². The molecule has 0 spiro atoms. The summed E-state index contributed by atoms with van der Waals surface area (Å²) >= 11 is 0. The van der Waals surface area contributed by atoms with Crippen LogP contribution in [-0.4, -0.2) is 38.9 Å². The molecule has 0 aliphatic rings. The minimum Gasteiger partial charge on any atom is -0.396 e. The van der Waals surface area contributed by atoms with Gasteiger partial charge in [-0.25, -0.2) is 4.98 Å². The number of fused-ring (bicyclic) bond motifs is 1. The molecule has 0 aliphatic heterocycles. The van der Waals surface area contributed by atoms with E-state index in [9.17, 15) is 9.59 Å². The van der Waals surface area contributed by atoms with Gasteiger partial charge in [0.25, 0.3) is 5.56 Å². The van der Waals surface area contributed by atoms with Crippen LogP contribution in [0.25, 0.3) is 11.0 Å². The molecule has 0 aromatic carbocycles. The molecule has 2 aromatic heterocycles. The summed E-state index contributed by atoms with van der Waals surface area (Å²) < 4.78 is 1.60. The molecule has 0 radical (unpaired) electrons. The molecule has 25 heavy (non-hydrogen) atoms. The molecular weight excluding hydrogens is 320 g/mol. The van der Waals surface area contributed by atoms with Crippen molar-refractivity contribution in [3.63, 3.8) is 0 Å². The van der Waals surface area contributed by atoms with Crippen molar-refractivity contribution in [2.75, 3.05) is 13.2 Å². The third-order valence-corrected chi connectivity index (χ3v) is 4.74. The van der Waals surface area contributed by atoms with Gasteiger partial charge in [-0.1, -0.05) is 13.3 Å². The molecule has 3 N–H and O–H groups in total. The van der Waals surface area contributed by atoms with Crippen LogP contribution in [0.5, 0.6) is 0 Å². The minimum atomic E-state index is -0.185. The van der Waals surface area contributed by atoms with Crippen LogP contribution in [0.1, 0.15) is 43.0 Å². The summed E-state index contributed by atoms with van der Waals surface area (Å²) in [6.45, 7) is 6.51. The van der Waals surface area contributed by atoms with Crippen molar-refractivity contribution >= 4 is 16.9 Å². The number of H-pyrrole nitrogens is 1. The van der Waals surface area contributed by atoms with Gasteiger partial charge in [0.1, 0.15) is 0 Å². The SMILES string of the molecule is CCCC(CCO)CNC(=O)Cc1c(C)nc2c(c1C)c(=O)[nH]n2C. The summed E-state index contributed by atoms with van der Waals surface area (Å²) in [6, 6.07) is 0. The fraction of sp³-hybridized carbons (Fsp3) is 0.611. The van der Waals surface area contributed by atoms with Gasteiger partial charge >= 0.3 is 0 Å². The maximum atomic E-state index is 12.4. The molecule has 0 fully saturated rings. The van der Waals surface area contributed by atoms with E-state index in [1.165, 1.54) is 0 Å². The molecule has 2 heterocycles. The number of aromatic nitrogens is 3. The lowest BCUT2D eigenvalue weighted by atomic mass is 9.99. The number of pyridine rings is 1. The topological polar surface area (TPSA) is 100 Å². The Kier molecular flexibility index (Phi) is 6.36. The summed E-state index contributed by atoms with van der Waals surface area (Å²) in [7, 11) is 1.75. The first kappa shape index (κ1) is 19.2. The number of nitrogens with one attached hydrogen (secondary N) is 2. The Bertz CT molecular complexity index is 801. The van der Waals surface area contributed by atoms with Gasteiger partial charge in [-0.05, 0) is 43.7 Å². The highest BCUT2D eigenvalue weighted by atomic mass is 16.3. The second-order valence-corrected chi connectivity index (χ2v) is 6.65. The van der Waals surface area contributed by atoms with Crippen molar-refractivity contribution in [3.05, 3.63) is 27.2 Å². The first-order chi connectivity index (χ1) is 11.9. The summed E-state index contributed by atoms with van der Waals surface area (Å²) in [5.74, 6) is 0.206. The maximum absolute atomic E-state index is 12.4. The Balaban J connectivity index is 2.15. The van der Waals surface area contributed by atoms with E-state index < -0.39 is 0 Å². The monoisotopic (exact) mass is 348 g/mol. The number of aromatic amines is 1. The number of hydrogen-bond donors (Lipinski definition) is 3. The van der Waals surface area contributed by atoms with Crippen LogP contribution in [0, 0.1) is 19.8 Å². The Morgan fingerprint density at radius 3 is 2.72 bits per heavy atom. The number of carbonyl (C=O) groups excluding carboxylic acids is 1. The smallest absolute Gasteiger partial charge is 0.273 e. The highest BCUT2D eigenvalue weighted by molar-refractivity contribution is 5.84. The van der Waals surface area contributed by atoms with Crippen molar-refractivity contribution in [1.82, 2.24) is 20.1 Å². The van der Waals surface area contributed by atoms with Gasteiger partial charge in [-0.3, -0.25) is 19.4 Å². The molecule has 0 saturated heterocycles. The van der Waals surface area contributed by atoms with E-state index in [4.69, 9.17) is 5.11 Å². The summed E-state index contributed by atoms with van der Waals surface area (Å²) in [5.41, 5.74) is 2.79. The van der Waals surface area contributed by atoms with Gasteiger partial charge in [-0.15, -0.1) is 0 Å². The summed E-state index contributed by atoms with van der Waals surface area (Å²) in [4.78, 5) is 28.9. The van der Waals surface area contributed by atoms with E-state index >= 15 is 0 Å². The minimum absolute atomic E-state index is 0.0845. The number of carbonyl (C=O) groups is 1. The van der Waals surface area contributed by atoms with Crippen LogP contribution < -0.4 is 10.9 Å². The van der Waals surface area contributed by atoms with Crippen LogP contribution in [0.2, 0.25) is 0 Å². The molecule has 0 bridgehead atoms. The highest BCUT2D eigenvalue weighted by Crippen LogP contribution is 2.20. The standard InChI is InChI=1S/C18H28N4O3/c1-5-6-13(7-8-23)10-19-15(24)9-14-11(2)16-17(20-12(14)3)22(4)21-18(16)25/h13,23H,5-10H2,1-4H3,(H,19,24)(H,21,25). The number of aryl methyl sites for hydroxylation is 3. The van der Waals surface area contributed by atoms with Gasteiger partial charge in [0, 0.05) is 25.9 Å². The normalized spacial score (nSPS) is 12.5. The second kappa shape index (κ2) is 8.29. The van der Waals surface area contributed by atoms with Crippen LogP contribution in [-0.2, 0) is 18.3 Å². The van der Waals surface area contributed by atoms with Gasteiger partial charge in [-0.2, -0.15) is 0 Å². The highest BCUT2D eigenvalue weighted by Gasteiger charge is 2.18. The van der Waals surface area contributed by atoms with Crippen LogP contribution in [0.15, 0.2) is 4.79 Å². The second-order valence-electron chi connectivity index (χ2n) is 6.65. The molecule has 1 amide bonds. The van der Waals surface area contributed by atoms with Crippen molar-refractivity contribution in [2.24, 2.45) is 13.0 Å². The predicted octanol–water partition coefficient (Wildman–Crippen LogP) is 1.34. The van der Waals surface area contributed by atoms with Crippen LogP contribution in [0.4, 0.5) is 0 Å². The fourth-order valence-corrected chi connectivity index (χ4v) is 3.33. The molecule has 1 atom stereocenters. The number of hydrogen-bond acceptors (Lipinski definition) is 4. The van der Waals surface area contributed by atoms with Gasteiger partial charge in [0.2, 0.25) is 5.91 Å². The lowest BCUT2D eigenvalue weighted by Gasteiger charge is -2.16. The third-order valence-electron chi connectivity index (χ3n) is 4.74. The number of rotatable bonds is 8. The summed E-state index contributed by atoms with van der Waals surface area (Å²) in [6.07, 6.45) is 2.90. The predicted molar refractivity (Wildman–Crippen MR) is 97.6 cm³/mol. The largest absolute Gasteiger partial charge is 0.396 e. The zero-order chi connectivity index (χ0) is 18.6. The number of aliphatic hydroxyl groups excluding tert-OH is 1. The zero-order valence-electron chi connectivity index (χ0n) is 15.5. The zero-order valence-corrected chi connectivity index (χ0v) is 15.5. The van der Waals surface area contributed by atoms with E-state index in [0.717, 1.165) is 29.7 Å². The quantitative estimate of drug-likeness (QED) is 0.670. The van der Waals surface area contributed by atoms with E-state index in [0.29, 0.717) is 29.9 Å². The molecular formula is C18H28N4O3. The lowest BCUT2D eigenvalue weighted by molar-refractivity contribution is -0.120. The average molecular weight is 348 g/mol. The molecule has 138 valence electrons. The van der Waals surface area contributed by atoms with E-state index in [1.54, 1.807) is 11.7 Å². The van der Waals surface area contributed by atoms with E-state index in [1.807, 2.05) is 13.8 Å². The Morgan fingerprint density at radius 1 is 1.36 bits per heavy atom. The molecule has 0 aliphatic carbocycles. The number of nitrogens with zero attached hydrogens (tertiary/aromatic N) is 2. The molecule has 7 nitrogen and oxygen atoms in total. The molecule has 0 saturated carbocycles. The number of amides is 1. The lowest BCUT2D eigenvalue weighted by Crippen LogP contribution is -2.31. The van der Waals surface area contributed by atoms with Gasteiger partial charge in [0.05, 0.1) is 11.8 Å². The van der Waals surface area contributed by atoms with E-state index in [-0.39, 0.29) is 24.5 Å². The summed E-state index contributed by atoms with van der Waals surface area (Å²) in [5, 5.41) is 15.3. The van der Waals surface area contributed by atoms with Crippen LogP contribution >= 0.6 is 0 Å².